The molecule has 0 bridgehead atoms. The van der Waals surface area contributed by atoms with Gasteiger partial charge >= 0.3 is 0 Å². The summed E-state index contributed by atoms with van der Waals surface area (Å²) in [7, 11) is 28.2. The highest BCUT2D eigenvalue weighted by Crippen LogP contribution is 2.58. The molecular formula is C73H97N8O6S+3. The number of nitrogens with zero attached hydrogens (tertiary/aromatic N) is 8. The maximum Gasteiger partial charge on any atom is 0.194 e. The van der Waals surface area contributed by atoms with Crippen LogP contribution in [0.25, 0.3) is 18.2 Å². The van der Waals surface area contributed by atoms with Crippen molar-refractivity contribution in [2.24, 2.45) is 0 Å². The van der Waals surface area contributed by atoms with Crippen molar-refractivity contribution in [2.75, 3.05) is 156 Å². The lowest BCUT2D eigenvalue weighted by molar-refractivity contribution is -0.432. The lowest BCUT2D eigenvalue weighted by Gasteiger charge is -2.39. The number of rotatable bonds is 14. The van der Waals surface area contributed by atoms with E-state index in [1.54, 1.807) is 0 Å². The predicted octanol–water partition coefficient (Wildman–Crippen LogP) is 13.8. The van der Waals surface area contributed by atoms with E-state index in [-0.39, 0.29) is 16.2 Å². The van der Waals surface area contributed by atoms with Crippen LogP contribution < -0.4 is 37.9 Å². The van der Waals surface area contributed by atoms with Gasteiger partial charge in [-0.3, -0.25) is 13.4 Å². The summed E-state index contributed by atoms with van der Waals surface area (Å²) in [4.78, 5) is 12.3. The fraction of sp³-hybridized carbons (Fsp3) is 0.425. The fourth-order valence-electron chi connectivity index (χ4n) is 14.1. The van der Waals surface area contributed by atoms with Crippen molar-refractivity contribution in [3.05, 3.63) is 179 Å². The van der Waals surface area contributed by atoms with E-state index in [9.17, 15) is 0 Å². The molecule has 0 saturated carbocycles. The number of hydrogen-bond donors (Lipinski definition) is 1. The maximum atomic E-state index is 8.44. The third kappa shape index (κ3) is 11.4. The number of anilines is 5. The third-order valence-electron chi connectivity index (χ3n) is 19.2. The van der Waals surface area contributed by atoms with E-state index >= 15 is 0 Å². The van der Waals surface area contributed by atoms with Crippen LogP contribution >= 0.6 is 12.0 Å². The zero-order chi connectivity index (χ0) is 63.6. The predicted molar refractivity (Wildman–Crippen MR) is 371 cm³/mol. The Morgan fingerprint density at radius 3 is 1.31 bits per heavy atom. The highest BCUT2D eigenvalue weighted by molar-refractivity contribution is 7.94. The Morgan fingerprint density at radius 1 is 0.455 bits per heavy atom. The maximum absolute atomic E-state index is 8.44. The van der Waals surface area contributed by atoms with Gasteiger partial charge in [0.15, 0.2) is 28.5 Å². The van der Waals surface area contributed by atoms with Crippen molar-refractivity contribution < 1.29 is 28.8 Å². The number of fused-ring (bicyclic) bond motifs is 9. The smallest absolute Gasteiger partial charge is 0.194 e. The molecule has 6 heterocycles. The van der Waals surface area contributed by atoms with Crippen molar-refractivity contribution in [1.82, 2.24) is 13.4 Å². The SMILES string of the molecule is CC1(C)c2ccccc2N2CCOC21C=Cc1ccc([N+](C)(C)C)c([N+](C)(C)C)c1.CN(C)c1ccc(C=CC23OCCN2c2ccc(SOOO)cc2C3(C)C)cc1.CN(C)c1ccc(C=CC23OCCN2c2ccc([N+](C)(C)C)cc2C3(C)C)cc1. The molecule has 0 spiro atoms. The Morgan fingerprint density at radius 2 is 0.864 bits per heavy atom. The number of hydrogen-bond acceptors (Lipinski definition) is 12. The molecule has 3 atom stereocenters. The van der Waals surface area contributed by atoms with E-state index in [1.165, 1.54) is 67.6 Å². The first-order valence-corrected chi connectivity index (χ1v) is 31.6. The molecule has 3 fully saturated rings. The second-order valence-corrected chi connectivity index (χ2v) is 29.6. The molecule has 0 radical (unpaired) electrons. The van der Waals surface area contributed by atoms with Crippen LogP contribution in [0.15, 0.2) is 151 Å². The summed E-state index contributed by atoms with van der Waals surface area (Å²) < 4.78 is 26.4. The molecule has 0 aliphatic carbocycles. The van der Waals surface area contributed by atoms with Crippen LogP contribution in [-0.2, 0) is 39.8 Å². The van der Waals surface area contributed by atoms with Crippen molar-refractivity contribution in [1.29, 1.82) is 0 Å². The van der Waals surface area contributed by atoms with Crippen LogP contribution in [-0.4, -0.2) is 154 Å². The summed E-state index contributed by atoms with van der Waals surface area (Å²) in [6.45, 7) is 18.5. The van der Waals surface area contributed by atoms with Crippen LogP contribution in [0.5, 0.6) is 0 Å². The van der Waals surface area contributed by atoms with Gasteiger partial charge in [-0.25, -0.2) is 5.26 Å². The van der Waals surface area contributed by atoms with Crippen LogP contribution in [0.3, 0.4) is 0 Å². The molecule has 12 rings (SSSR count). The van der Waals surface area contributed by atoms with Gasteiger partial charge in [0.1, 0.15) is 5.69 Å². The highest BCUT2D eigenvalue weighted by Gasteiger charge is 2.61. The molecule has 468 valence electrons. The summed E-state index contributed by atoms with van der Waals surface area (Å²) in [6, 6.07) is 45.8. The molecule has 6 aromatic carbocycles. The van der Waals surface area contributed by atoms with Crippen molar-refractivity contribution in [3.8, 4) is 0 Å². The highest BCUT2D eigenvalue weighted by atomic mass is 32.2. The van der Waals surface area contributed by atoms with Gasteiger partial charge in [-0.1, -0.05) is 107 Å². The first kappa shape index (κ1) is 64.5. The Hall–Kier alpha value is -6.47. The van der Waals surface area contributed by atoms with Crippen molar-refractivity contribution in [2.45, 2.75) is 79.9 Å². The number of para-hydroxylation sites is 1. The van der Waals surface area contributed by atoms with Gasteiger partial charge in [-0.15, -0.1) is 4.33 Å². The zero-order valence-electron chi connectivity index (χ0n) is 55.8. The van der Waals surface area contributed by atoms with Crippen LogP contribution in [0.2, 0.25) is 0 Å². The molecule has 3 unspecified atom stereocenters. The molecule has 0 amide bonds. The molecule has 6 aromatic rings. The Bertz CT molecular complexity index is 3600. The number of quaternary nitrogens is 3. The van der Waals surface area contributed by atoms with E-state index < -0.39 is 17.2 Å². The van der Waals surface area contributed by atoms with Crippen LogP contribution in [0.1, 0.15) is 74.9 Å². The average Bonchev–Trinajstić information content (AvgIpc) is 1.59. The van der Waals surface area contributed by atoms with Gasteiger partial charge in [0.05, 0.1) is 95.3 Å². The third-order valence-corrected chi connectivity index (χ3v) is 19.8. The lowest BCUT2D eigenvalue weighted by atomic mass is 9.77. The lowest BCUT2D eigenvalue weighted by Crippen LogP contribution is -2.51. The van der Waals surface area contributed by atoms with Gasteiger partial charge in [-0.05, 0) is 112 Å². The van der Waals surface area contributed by atoms with E-state index in [4.69, 9.17) is 19.5 Å². The topological polar surface area (TPSA) is 82.6 Å². The van der Waals surface area contributed by atoms with Gasteiger partial charge < -0.3 is 38.7 Å². The molecule has 6 aliphatic heterocycles. The minimum Gasteiger partial charge on any atom is -0.378 e. The first-order valence-electron chi connectivity index (χ1n) is 30.8. The van der Waals surface area contributed by atoms with Gasteiger partial charge in [0.25, 0.3) is 0 Å². The van der Waals surface area contributed by atoms with Crippen LogP contribution in [0.4, 0.5) is 45.5 Å². The monoisotopic (exact) mass is 1210 g/mol. The zero-order valence-corrected chi connectivity index (χ0v) is 56.6. The Labute approximate surface area is 529 Å². The van der Waals surface area contributed by atoms with Crippen molar-refractivity contribution >= 4 is 75.8 Å². The van der Waals surface area contributed by atoms with E-state index in [2.05, 4.69) is 311 Å². The Kier molecular flexibility index (Phi) is 17.4. The quantitative estimate of drug-likeness (QED) is 0.0488. The minimum absolute atomic E-state index is 0.123. The summed E-state index contributed by atoms with van der Waals surface area (Å²) in [5.74, 6) is 0. The molecule has 1 N–H and O–H groups in total. The van der Waals surface area contributed by atoms with Crippen LogP contribution in [0, 0.1) is 0 Å². The van der Waals surface area contributed by atoms with E-state index in [0.717, 1.165) is 74.5 Å². The summed E-state index contributed by atoms with van der Waals surface area (Å²) in [5.41, 5.74) is 15.6. The first-order chi connectivity index (χ1) is 41.3. The molecular weight excluding hydrogens is 1120 g/mol. The summed E-state index contributed by atoms with van der Waals surface area (Å²) in [6.07, 6.45) is 13.4. The molecule has 14 nitrogen and oxygen atoms in total. The fourth-order valence-corrected chi connectivity index (χ4v) is 14.5. The van der Waals surface area contributed by atoms with Crippen molar-refractivity contribution in [3.63, 3.8) is 0 Å². The Balaban J connectivity index is 0.000000146. The summed E-state index contributed by atoms with van der Waals surface area (Å²) in [5, 5.41) is 12.2. The number of ether oxygens (including phenoxy) is 3. The molecule has 15 heteroatoms. The second kappa shape index (κ2) is 23.7. The van der Waals surface area contributed by atoms with Gasteiger partial charge in [0, 0.05) is 122 Å². The number of benzene rings is 6. The van der Waals surface area contributed by atoms with E-state index in [0.29, 0.717) is 6.61 Å². The average molecular weight is 1210 g/mol. The minimum atomic E-state index is -0.548. The molecule has 3 saturated heterocycles. The molecule has 0 aromatic heterocycles. The second-order valence-electron chi connectivity index (χ2n) is 28.8. The standard InChI is InChI=1S/C26H37N3O.C25H34N3O.C22H26N2O4S/c1-25(2)21-11-9-10-12-22(21)27-17-18-30-26(25,27)16-15-20-13-14-23(28(3,4)5)24(19-20)29(6,7)8;1-24(2)22-18-21(28(5,6)7)12-13-23(22)27-16-17-29-25(24,27)15-14-19-8-10-20(11-9-19)26(3)4;1-21(2)19-15-18(29-28-27-25)9-10-20(19)24-13-14-26-22(21,24)12-11-16-5-7-17(8-6-16)23(3)4/h9-16,19H,17-18H2,1-8H3;8-15,18H,16-17H2,1-7H3;5-12,15,25H,13-14H2,1-4H3/q+2;+1;. The molecule has 88 heavy (non-hydrogen) atoms. The van der Waals surface area contributed by atoms with E-state index in [1.807, 2.05) is 20.2 Å². The molecule has 6 aliphatic rings. The largest absolute Gasteiger partial charge is 0.378 e. The normalized spacial score (nSPS) is 22.7. The van der Waals surface area contributed by atoms with Gasteiger partial charge in [0.2, 0.25) is 0 Å². The van der Waals surface area contributed by atoms with Gasteiger partial charge in [-0.2, -0.15) is 0 Å². The summed E-state index contributed by atoms with van der Waals surface area (Å²) >= 11 is 0.974.